The molecule has 0 saturated carbocycles. The number of anilines is 1. The fourth-order valence-electron chi connectivity index (χ4n) is 3.19. The maximum atomic E-state index is 5.21. The van der Waals surface area contributed by atoms with Crippen LogP contribution in [0.5, 0.6) is 5.75 Å². The molecule has 0 bridgehead atoms. The van der Waals surface area contributed by atoms with Crippen LogP contribution in [0.2, 0.25) is 0 Å². The number of nitrogens with zero attached hydrogens (tertiary/aromatic N) is 5. The van der Waals surface area contributed by atoms with E-state index in [2.05, 4.69) is 19.9 Å². The van der Waals surface area contributed by atoms with Crippen molar-refractivity contribution in [2.45, 2.75) is 18.9 Å². The minimum atomic E-state index is 0.183. The van der Waals surface area contributed by atoms with Gasteiger partial charge in [0.2, 0.25) is 5.95 Å². The van der Waals surface area contributed by atoms with E-state index in [9.17, 15) is 0 Å². The lowest BCUT2D eigenvalue weighted by molar-refractivity contribution is 0.415. The van der Waals surface area contributed by atoms with Crippen molar-refractivity contribution in [2.75, 3.05) is 18.6 Å². The van der Waals surface area contributed by atoms with Gasteiger partial charge in [-0.05, 0) is 49.2 Å². The summed E-state index contributed by atoms with van der Waals surface area (Å²) in [6.45, 7) is 0.941. The first-order valence-electron chi connectivity index (χ1n) is 8.36. The van der Waals surface area contributed by atoms with Gasteiger partial charge in [-0.15, -0.1) is 0 Å². The first kappa shape index (κ1) is 15.5. The summed E-state index contributed by atoms with van der Waals surface area (Å²) in [5.41, 5.74) is 1.98. The largest absolute Gasteiger partial charge is 0.497 e. The van der Waals surface area contributed by atoms with E-state index in [1.54, 1.807) is 19.5 Å². The summed E-state index contributed by atoms with van der Waals surface area (Å²) in [5.74, 6) is 2.30. The van der Waals surface area contributed by atoms with Gasteiger partial charge >= 0.3 is 0 Å². The van der Waals surface area contributed by atoms with Crippen molar-refractivity contribution >= 4 is 5.95 Å². The molecule has 3 aromatic rings. The first-order chi connectivity index (χ1) is 12.3. The molecule has 4 rings (SSSR count). The van der Waals surface area contributed by atoms with Crippen LogP contribution >= 0.6 is 0 Å². The molecular weight excluding hydrogens is 314 g/mol. The Hall–Kier alpha value is -3.02. The van der Waals surface area contributed by atoms with Crippen molar-refractivity contribution in [1.82, 2.24) is 19.9 Å². The molecule has 6 heteroatoms. The minimum Gasteiger partial charge on any atom is -0.497 e. The molecule has 0 N–H and O–H groups in total. The zero-order valence-electron chi connectivity index (χ0n) is 14.0. The molecule has 1 fully saturated rings. The van der Waals surface area contributed by atoms with Gasteiger partial charge in [0, 0.05) is 30.7 Å². The van der Waals surface area contributed by atoms with Crippen LogP contribution in [-0.4, -0.2) is 33.6 Å². The second-order valence-electron chi connectivity index (χ2n) is 5.93. The summed E-state index contributed by atoms with van der Waals surface area (Å²) < 4.78 is 5.21. The summed E-state index contributed by atoms with van der Waals surface area (Å²) in [4.78, 5) is 20.2. The lowest BCUT2D eigenvalue weighted by atomic mass is 10.1. The maximum Gasteiger partial charge on any atom is 0.225 e. The normalized spacial score (nSPS) is 16.8. The number of methoxy groups -OCH3 is 1. The Morgan fingerprint density at radius 1 is 1.00 bits per heavy atom. The summed E-state index contributed by atoms with van der Waals surface area (Å²) in [7, 11) is 1.66. The molecule has 3 heterocycles. The van der Waals surface area contributed by atoms with Crippen molar-refractivity contribution in [3.05, 3.63) is 60.7 Å². The third kappa shape index (κ3) is 3.15. The number of aromatic nitrogens is 4. The van der Waals surface area contributed by atoms with E-state index in [0.717, 1.165) is 48.2 Å². The van der Waals surface area contributed by atoms with E-state index in [1.807, 2.05) is 42.6 Å². The zero-order chi connectivity index (χ0) is 17.1. The fraction of sp³-hybridized carbons (Fsp3) is 0.263. The Labute approximate surface area is 146 Å². The second-order valence-corrected chi connectivity index (χ2v) is 5.93. The molecule has 1 aliphatic rings. The van der Waals surface area contributed by atoms with E-state index < -0.39 is 0 Å². The van der Waals surface area contributed by atoms with Gasteiger partial charge in [0.1, 0.15) is 5.75 Å². The van der Waals surface area contributed by atoms with Gasteiger partial charge in [-0.2, -0.15) is 0 Å². The molecule has 1 unspecified atom stereocenters. The van der Waals surface area contributed by atoms with E-state index in [1.165, 1.54) is 0 Å². The van der Waals surface area contributed by atoms with Gasteiger partial charge in [-0.3, -0.25) is 0 Å². The van der Waals surface area contributed by atoms with Crippen LogP contribution < -0.4 is 9.64 Å². The van der Waals surface area contributed by atoms with Crippen LogP contribution in [0.1, 0.15) is 24.6 Å². The van der Waals surface area contributed by atoms with Crippen LogP contribution in [-0.2, 0) is 0 Å². The average molecular weight is 333 g/mol. The number of hydrogen-bond acceptors (Lipinski definition) is 6. The van der Waals surface area contributed by atoms with E-state index in [4.69, 9.17) is 9.72 Å². The van der Waals surface area contributed by atoms with E-state index in [0.29, 0.717) is 0 Å². The van der Waals surface area contributed by atoms with Crippen molar-refractivity contribution < 1.29 is 4.74 Å². The molecule has 1 atom stereocenters. The van der Waals surface area contributed by atoms with Crippen molar-refractivity contribution in [3.8, 4) is 17.1 Å². The highest BCUT2D eigenvalue weighted by atomic mass is 16.5. The monoisotopic (exact) mass is 333 g/mol. The average Bonchev–Trinajstić information content (AvgIpc) is 3.19. The summed E-state index contributed by atoms with van der Waals surface area (Å²) in [6, 6.07) is 11.8. The summed E-state index contributed by atoms with van der Waals surface area (Å²) in [6.07, 6.45) is 7.52. The molecule has 0 spiro atoms. The molecule has 1 aromatic carbocycles. The lowest BCUT2D eigenvalue weighted by Gasteiger charge is -2.24. The molecule has 1 aliphatic heterocycles. The fourth-order valence-corrected chi connectivity index (χ4v) is 3.19. The summed E-state index contributed by atoms with van der Waals surface area (Å²) in [5, 5.41) is 0. The topological polar surface area (TPSA) is 64.0 Å². The predicted octanol–water partition coefficient (Wildman–Crippen LogP) is 3.28. The molecule has 25 heavy (non-hydrogen) atoms. The van der Waals surface area contributed by atoms with Crippen LogP contribution in [0.15, 0.2) is 55.0 Å². The zero-order valence-corrected chi connectivity index (χ0v) is 14.0. The maximum absolute atomic E-state index is 5.21. The minimum absolute atomic E-state index is 0.183. The SMILES string of the molecule is COc1ccc(-c2nccc(C3CCCN3c3ncccn3)n2)cc1. The molecule has 2 aromatic heterocycles. The molecule has 0 radical (unpaired) electrons. The van der Waals surface area contributed by atoms with Gasteiger partial charge in [0.15, 0.2) is 5.82 Å². The Morgan fingerprint density at radius 3 is 2.56 bits per heavy atom. The van der Waals surface area contributed by atoms with Gasteiger partial charge < -0.3 is 9.64 Å². The van der Waals surface area contributed by atoms with E-state index >= 15 is 0 Å². The Morgan fingerprint density at radius 2 is 1.80 bits per heavy atom. The lowest BCUT2D eigenvalue weighted by Crippen LogP contribution is -2.25. The Balaban J connectivity index is 1.64. The molecule has 0 amide bonds. The van der Waals surface area contributed by atoms with Crippen LogP contribution in [0.4, 0.5) is 5.95 Å². The van der Waals surface area contributed by atoms with Crippen LogP contribution in [0.3, 0.4) is 0 Å². The molecule has 126 valence electrons. The van der Waals surface area contributed by atoms with Gasteiger partial charge in [0.05, 0.1) is 18.8 Å². The second kappa shape index (κ2) is 6.84. The first-order valence-corrected chi connectivity index (χ1v) is 8.36. The van der Waals surface area contributed by atoms with Gasteiger partial charge in [0.25, 0.3) is 0 Å². The molecule has 1 saturated heterocycles. The number of benzene rings is 1. The van der Waals surface area contributed by atoms with Crippen LogP contribution in [0, 0.1) is 0 Å². The highest BCUT2D eigenvalue weighted by molar-refractivity contribution is 5.56. The van der Waals surface area contributed by atoms with Crippen molar-refractivity contribution in [1.29, 1.82) is 0 Å². The quantitative estimate of drug-likeness (QED) is 0.730. The van der Waals surface area contributed by atoms with Crippen molar-refractivity contribution in [3.63, 3.8) is 0 Å². The predicted molar refractivity (Wildman–Crippen MR) is 95.4 cm³/mol. The third-order valence-electron chi connectivity index (χ3n) is 4.43. The van der Waals surface area contributed by atoms with Crippen molar-refractivity contribution in [2.24, 2.45) is 0 Å². The summed E-state index contributed by atoms with van der Waals surface area (Å²) >= 11 is 0. The number of rotatable bonds is 4. The van der Waals surface area contributed by atoms with Gasteiger partial charge in [-0.1, -0.05) is 0 Å². The highest BCUT2D eigenvalue weighted by Gasteiger charge is 2.29. The standard InChI is InChI=1S/C19H19N5O/c1-25-15-7-5-14(6-8-15)18-20-12-9-16(23-18)17-4-2-13-24(17)19-21-10-3-11-22-19/h3,5-12,17H,2,4,13H2,1H3. The Bertz CT molecular complexity index is 838. The molecule has 6 nitrogen and oxygen atoms in total. The van der Waals surface area contributed by atoms with Crippen LogP contribution in [0.25, 0.3) is 11.4 Å². The Kier molecular flexibility index (Phi) is 4.24. The number of hydrogen-bond donors (Lipinski definition) is 0. The number of ether oxygens (including phenoxy) is 1. The van der Waals surface area contributed by atoms with E-state index in [-0.39, 0.29) is 6.04 Å². The smallest absolute Gasteiger partial charge is 0.225 e. The third-order valence-corrected chi connectivity index (χ3v) is 4.43. The highest BCUT2D eigenvalue weighted by Crippen LogP contribution is 2.33. The molecular formula is C19H19N5O. The van der Waals surface area contributed by atoms with Gasteiger partial charge in [-0.25, -0.2) is 19.9 Å². The molecule has 0 aliphatic carbocycles.